The molecular weight excluding hydrogens is 160 g/mol. The third-order valence-corrected chi connectivity index (χ3v) is 1.55. The molecule has 2 heterocycles. The van der Waals surface area contributed by atoms with Crippen molar-refractivity contribution in [1.82, 2.24) is 10.2 Å². The summed E-state index contributed by atoms with van der Waals surface area (Å²) in [4.78, 5) is 10.7. The summed E-state index contributed by atoms with van der Waals surface area (Å²) in [5.41, 5.74) is -0.257. The zero-order chi connectivity index (χ0) is 8.39. The molecule has 0 aliphatic carbocycles. The van der Waals surface area contributed by atoms with Gasteiger partial charge in [-0.05, 0) is 0 Å². The van der Waals surface area contributed by atoms with Gasteiger partial charge in [0.25, 0.3) is 5.56 Å². The molecule has 0 unspecified atom stereocenters. The van der Waals surface area contributed by atoms with Gasteiger partial charge in [0.05, 0.1) is 19.4 Å². The fourth-order valence-corrected chi connectivity index (χ4v) is 0.897. The van der Waals surface area contributed by atoms with Gasteiger partial charge in [-0.25, -0.2) is 5.10 Å². The number of ether oxygens (including phenoxy) is 2. The van der Waals surface area contributed by atoms with Crippen LogP contribution in [0.25, 0.3) is 0 Å². The number of nitrogens with zero attached hydrogens (tertiary/aromatic N) is 1. The second-order valence-corrected chi connectivity index (χ2v) is 2.56. The Bertz CT molecular complexity index is 318. The first kappa shape index (κ1) is 7.30. The van der Waals surface area contributed by atoms with E-state index in [9.17, 15) is 4.79 Å². The van der Waals surface area contributed by atoms with Gasteiger partial charge >= 0.3 is 0 Å². The minimum absolute atomic E-state index is 0.0774. The summed E-state index contributed by atoms with van der Waals surface area (Å²) >= 11 is 0. The number of nitrogens with one attached hydrogen (secondary N) is 1. The highest BCUT2D eigenvalue weighted by molar-refractivity contribution is 5.13. The van der Waals surface area contributed by atoms with E-state index in [2.05, 4.69) is 10.2 Å². The molecule has 0 spiro atoms. The molecule has 0 aromatic carbocycles. The Balaban J connectivity index is 2.06. The van der Waals surface area contributed by atoms with Gasteiger partial charge in [-0.15, -0.1) is 0 Å². The number of rotatable bonds is 2. The fourth-order valence-electron chi connectivity index (χ4n) is 0.897. The Kier molecular flexibility index (Phi) is 1.79. The van der Waals surface area contributed by atoms with Crippen LogP contribution in [0.5, 0.6) is 5.75 Å². The molecule has 0 amide bonds. The molecule has 5 heteroatoms. The second-order valence-electron chi connectivity index (χ2n) is 2.56. The van der Waals surface area contributed by atoms with Gasteiger partial charge in [0.2, 0.25) is 0 Å². The van der Waals surface area contributed by atoms with E-state index in [-0.39, 0.29) is 11.7 Å². The maximum absolute atomic E-state index is 10.7. The van der Waals surface area contributed by atoms with Crippen LogP contribution in [0, 0.1) is 0 Å². The highest BCUT2D eigenvalue weighted by atomic mass is 16.6. The lowest BCUT2D eigenvalue weighted by molar-refractivity contribution is -0.0798. The van der Waals surface area contributed by atoms with Gasteiger partial charge in [0, 0.05) is 6.07 Å². The Hall–Kier alpha value is -1.36. The number of H-pyrrole nitrogens is 1. The third kappa shape index (κ3) is 1.45. The largest absolute Gasteiger partial charge is 0.484 e. The summed E-state index contributed by atoms with van der Waals surface area (Å²) in [6.45, 7) is 1.18. The first-order valence-electron chi connectivity index (χ1n) is 3.64. The number of hydrogen-bond donors (Lipinski definition) is 1. The van der Waals surface area contributed by atoms with Crippen LogP contribution in [0.4, 0.5) is 0 Å². The Morgan fingerprint density at radius 2 is 2.50 bits per heavy atom. The van der Waals surface area contributed by atoms with Crippen molar-refractivity contribution in [2.24, 2.45) is 0 Å². The normalized spacial score (nSPS) is 17.0. The van der Waals surface area contributed by atoms with E-state index in [0.29, 0.717) is 19.0 Å². The topological polar surface area (TPSA) is 64.2 Å². The molecule has 2 rings (SSSR count). The van der Waals surface area contributed by atoms with Crippen LogP contribution in [0.3, 0.4) is 0 Å². The minimum atomic E-state index is -0.257. The summed E-state index contributed by atoms with van der Waals surface area (Å²) in [7, 11) is 0. The quantitative estimate of drug-likeness (QED) is 0.649. The highest BCUT2D eigenvalue weighted by Gasteiger charge is 2.19. The summed E-state index contributed by atoms with van der Waals surface area (Å²) in [5, 5.41) is 5.86. The molecule has 0 bridgehead atoms. The molecule has 1 N–H and O–H groups in total. The summed E-state index contributed by atoms with van der Waals surface area (Å²) in [6, 6.07) is 1.37. The summed E-state index contributed by atoms with van der Waals surface area (Å²) in [5.74, 6) is 0.493. The third-order valence-electron chi connectivity index (χ3n) is 1.55. The van der Waals surface area contributed by atoms with Crippen molar-refractivity contribution >= 4 is 0 Å². The monoisotopic (exact) mass is 168 g/mol. The minimum Gasteiger partial charge on any atom is -0.484 e. The van der Waals surface area contributed by atoms with Crippen LogP contribution >= 0.6 is 0 Å². The zero-order valence-electron chi connectivity index (χ0n) is 6.32. The number of aromatic amines is 1. The van der Waals surface area contributed by atoms with Crippen LogP contribution in [-0.4, -0.2) is 29.5 Å². The first-order valence-corrected chi connectivity index (χ1v) is 3.64. The highest BCUT2D eigenvalue weighted by Crippen LogP contribution is 2.11. The predicted octanol–water partition coefficient (Wildman–Crippen LogP) is -0.453. The SMILES string of the molecule is O=c1cc(OC2COC2)cn[nH]1. The van der Waals surface area contributed by atoms with E-state index >= 15 is 0 Å². The van der Waals surface area contributed by atoms with E-state index < -0.39 is 0 Å². The Morgan fingerprint density at radius 1 is 1.67 bits per heavy atom. The van der Waals surface area contributed by atoms with Gasteiger partial charge in [-0.2, -0.15) is 5.10 Å². The molecule has 1 aromatic rings. The molecule has 0 atom stereocenters. The van der Waals surface area contributed by atoms with Crippen LogP contribution in [-0.2, 0) is 4.74 Å². The molecule has 12 heavy (non-hydrogen) atoms. The molecule has 1 aromatic heterocycles. The molecule has 1 fully saturated rings. The molecule has 1 aliphatic heterocycles. The number of aromatic nitrogens is 2. The van der Waals surface area contributed by atoms with Crippen molar-refractivity contribution in [3.63, 3.8) is 0 Å². The van der Waals surface area contributed by atoms with Gasteiger partial charge in [0.15, 0.2) is 0 Å². The van der Waals surface area contributed by atoms with E-state index in [0.717, 1.165) is 0 Å². The molecule has 0 saturated carbocycles. The van der Waals surface area contributed by atoms with E-state index in [1.54, 1.807) is 0 Å². The van der Waals surface area contributed by atoms with Crippen molar-refractivity contribution < 1.29 is 9.47 Å². The van der Waals surface area contributed by atoms with Crippen molar-refractivity contribution in [2.75, 3.05) is 13.2 Å². The van der Waals surface area contributed by atoms with Crippen LogP contribution in [0.1, 0.15) is 0 Å². The van der Waals surface area contributed by atoms with Crippen molar-refractivity contribution in [2.45, 2.75) is 6.10 Å². The smallest absolute Gasteiger partial charge is 0.267 e. The van der Waals surface area contributed by atoms with Crippen LogP contribution < -0.4 is 10.3 Å². The fraction of sp³-hybridized carbons (Fsp3) is 0.429. The molecule has 0 radical (unpaired) electrons. The molecule has 64 valence electrons. The molecular formula is C7H8N2O3. The average Bonchev–Trinajstić information content (AvgIpc) is 1.97. The number of hydrogen-bond acceptors (Lipinski definition) is 4. The van der Waals surface area contributed by atoms with Crippen molar-refractivity contribution in [1.29, 1.82) is 0 Å². The Morgan fingerprint density at radius 3 is 3.08 bits per heavy atom. The molecule has 1 saturated heterocycles. The maximum atomic E-state index is 10.7. The van der Waals surface area contributed by atoms with E-state index in [1.807, 2.05) is 0 Å². The Labute approximate surface area is 68.3 Å². The lowest BCUT2D eigenvalue weighted by Crippen LogP contribution is -2.38. The van der Waals surface area contributed by atoms with Crippen LogP contribution in [0.2, 0.25) is 0 Å². The second kappa shape index (κ2) is 2.94. The lowest BCUT2D eigenvalue weighted by Gasteiger charge is -2.26. The van der Waals surface area contributed by atoms with E-state index in [1.165, 1.54) is 12.3 Å². The van der Waals surface area contributed by atoms with Crippen LogP contribution in [0.15, 0.2) is 17.1 Å². The van der Waals surface area contributed by atoms with Crippen molar-refractivity contribution in [3.8, 4) is 5.75 Å². The van der Waals surface area contributed by atoms with Gasteiger partial charge in [-0.1, -0.05) is 0 Å². The summed E-state index contributed by atoms with van der Waals surface area (Å²) < 4.78 is 10.2. The molecule has 5 nitrogen and oxygen atoms in total. The summed E-state index contributed by atoms with van der Waals surface area (Å²) in [6.07, 6.45) is 1.55. The standard InChI is InChI=1S/C7H8N2O3/c10-7-1-5(2-8-9-7)12-6-3-11-4-6/h1-2,6H,3-4H2,(H,9,10). The maximum Gasteiger partial charge on any atom is 0.267 e. The van der Waals surface area contributed by atoms with E-state index in [4.69, 9.17) is 9.47 Å². The zero-order valence-corrected chi connectivity index (χ0v) is 6.32. The van der Waals surface area contributed by atoms with Gasteiger partial charge in [0.1, 0.15) is 11.9 Å². The van der Waals surface area contributed by atoms with Crippen molar-refractivity contribution in [3.05, 3.63) is 22.6 Å². The van der Waals surface area contributed by atoms with Gasteiger partial charge in [-0.3, -0.25) is 4.79 Å². The van der Waals surface area contributed by atoms with Gasteiger partial charge < -0.3 is 9.47 Å². The lowest BCUT2D eigenvalue weighted by atomic mass is 10.3. The predicted molar refractivity (Wildman–Crippen MR) is 40.1 cm³/mol. The first-order chi connectivity index (χ1) is 5.84. The average molecular weight is 168 g/mol. The molecule has 1 aliphatic rings.